The highest BCUT2D eigenvalue weighted by Crippen LogP contribution is 1.94. The summed E-state index contributed by atoms with van der Waals surface area (Å²) in [6, 6.07) is 0. The molecule has 0 aromatic carbocycles. The van der Waals surface area contributed by atoms with E-state index in [4.69, 9.17) is 20.4 Å². The molecule has 0 radical (unpaired) electrons. The number of aliphatic carboxylic acids is 4. The third kappa shape index (κ3) is 27.2. The van der Waals surface area contributed by atoms with Crippen LogP contribution < -0.4 is 0 Å². The van der Waals surface area contributed by atoms with Gasteiger partial charge in [-0.3, -0.25) is 29.0 Å². The van der Waals surface area contributed by atoms with Crippen LogP contribution in [0, 0.1) is 0 Å². The standard InChI is InChI=1S/C10H16N2O8.Mg.5H2O.2H/c13-7(14)3-11(4-8(15)16)1-2-12(5-9(17)18)6-10(19)20;;;;;;;;/h1-6H2,(H,13,14)(H,15,16)(H,17,18)(H,19,20);;5*1H2;;. The summed E-state index contributed by atoms with van der Waals surface area (Å²) >= 11 is 0. The second kappa shape index (κ2) is 23.4. The van der Waals surface area contributed by atoms with Crippen molar-refractivity contribution in [2.24, 2.45) is 0 Å². The minimum absolute atomic E-state index is 0. The van der Waals surface area contributed by atoms with Crippen LogP contribution in [0.2, 0.25) is 0 Å². The zero-order chi connectivity index (χ0) is 15.7. The average Bonchev–Trinajstić information content (AvgIpc) is 2.22. The van der Waals surface area contributed by atoms with Crippen molar-refractivity contribution in [1.82, 2.24) is 9.80 Å². The molecule has 0 saturated carbocycles. The minimum atomic E-state index is -1.23. The number of hydrogen-bond acceptors (Lipinski definition) is 6. The monoisotopic (exact) mass is 408 g/mol. The Morgan fingerprint density at radius 1 is 0.500 bits per heavy atom. The molecule has 158 valence electrons. The van der Waals surface area contributed by atoms with E-state index in [0.29, 0.717) is 0 Å². The number of nitrogens with zero attached hydrogens (tertiary/aromatic N) is 2. The predicted molar refractivity (Wildman–Crippen MR) is 90.0 cm³/mol. The van der Waals surface area contributed by atoms with Gasteiger partial charge in [-0.2, -0.15) is 0 Å². The Kier molecular flexibility index (Phi) is 39.6. The van der Waals surface area contributed by atoms with Crippen LogP contribution in [-0.4, -0.2) is 144 Å². The van der Waals surface area contributed by atoms with Gasteiger partial charge in [-0.1, -0.05) is 0 Å². The van der Waals surface area contributed by atoms with Crippen LogP contribution in [-0.2, 0) is 19.2 Å². The first-order valence-electron chi connectivity index (χ1n) is 5.52. The lowest BCUT2D eigenvalue weighted by molar-refractivity contribution is -0.145. The van der Waals surface area contributed by atoms with E-state index >= 15 is 0 Å². The van der Waals surface area contributed by atoms with Crippen molar-refractivity contribution < 1.29 is 67.0 Å². The summed E-state index contributed by atoms with van der Waals surface area (Å²) in [7, 11) is 0. The Morgan fingerprint density at radius 2 is 0.654 bits per heavy atom. The van der Waals surface area contributed by atoms with Gasteiger partial charge < -0.3 is 47.8 Å². The fraction of sp³-hybridized carbons (Fsp3) is 0.600. The van der Waals surface area contributed by atoms with E-state index in [1.54, 1.807) is 0 Å². The summed E-state index contributed by atoms with van der Waals surface area (Å²) in [4.78, 5) is 44.4. The highest BCUT2D eigenvalue weighted by atomic mass is 24.3. The van der Waals surface area contributed by atoms with Crippen LogP contribution >= 0.6 is 0 Å². The Balaban J connectivity index is -0.000000120. The predicted octanol–water partition coefficient (Wildman–Crippen LogP) is -7.11. The molecular formula is C10H28MgN2O13. The van der Waals surface area contributed by atoms with Crippen molar-refractivity contribution >= 4 is 46.9 Å². The Hall–Kier alpha value is -1.63. The maximum absolute atomic E-state index is 10.6. The van der Waals surface area contributed by atoms with Crippen molar-refractivity contribution in [3.63, 3.8) is 0 Å². The number of carboxylic acid groups (broad SMARTS) is 4. The van der Waals surface area contributed by atoms with Crippen molar-refractivity contribution in [2.45, 2.75) is 0 Å². The van der Waals surface area contributed by atoms with Crippen molar-refractivity contribution in [1.29, 1.82) is 0 Å². The molecule has 0 bridgehead atoms. The molecule has 0 saturated heterocycles. The molecule has 0 heterocycles. The van der Waals surface area contributed by atoms with Gasteiger partial charge in [0, 0.05) is 13.1 Å². The molecule has 0 atom stereocenters. The molecule has 15 nitrogen and oxygen atoms in total. The second-order valence-corrected chi connectivity index (χ2v) is 4.00. The van der Waals surface area contributed by atoms with E-state index in [2.05, 4.69) is 0 Å². The number of carbonyl (C=O) groups is 4. The molecule has 16 heteroatoms. The van der Waals surface area contributed by atoms with E-state index in [1.165, 1.54) is 0 Å². The first-order valence-corrected chi connectivity index (χ1v) is 5.52. The topological polar surface area (TPSA) is 313 Å². The fourth-order valence-corrected chi connectivity index (χ4v) is 1.48. The lowest BCUT2D eigenvalue weighted by Gasteiger charge is -2.23. The van der Waals surface area contributed by atoms with Crippen LogP contribution in [0.1, 0.15) is 0 Å². The second-order valence-electron chi connectivity index (χ2n) is 4.00. The summed E-state index contributed by atoms with van der Waals surface area (Å²) in [6.45, 7) is -2.25. The van der Waals surface area contributed by atoms with Crippen molar-refractivity contribution in [3.8, 4) is 0 Å². The molecule has 0 unspecified atom stereocenters. The molecule has 0 aromatic rings. The molecule has 0 amide bonds. The van der Waals surface area contributed by atoms with Crippen LogP contribution in [0.4, 0.5) is 0 Å². The summed E-state index contributed by atoms with van der Waals surface area (Å²) < 4.78 is 0. The van der Waals surface area contributed by atoms with Crippen LogP contribution in [0.5, 0.6) is 0 Å². The summed E-state index contributed by atoms with van der Waals surface area (Å²) in [5.74, 6) is -4.91. The summed E-state index contributed by atoms with van der Waals surface area (Å²) in [5.41, 5.74) is 0. The van der Waals surface area contributed by atoms with E-state index in [9.17, 15) is 19.2 Å². The van der Waals surface area contributed by atoms with E-state index in [1.807, 2.05) is 0 Å². The SMILES string of the molecule is O.O.O.O.O.O=C(O)CN(CCN(CC(=O)O)CC(=O)O)CC(=O)O.[MgH2]. The molecule has 0 aliphatic carbocycles. The van der Waals surface area contributed by atoms with Gasteiger partial charge in [0.2, 0.25) is 0 Å². The molecule has 0 rings (SSSR count). The first kappa shape index (κ1) is 44.1. The zero-order valence-corrected chi connectivity index (χ0v) is 13.1. The van der Waals surface area contributed by atoms with Crippen molar-refractivity contribution in [2.75, 3.05) is 39.3 Å². The van der Waals surface area contributed by atoms with Gasteiger partial charge in [-0.15, -0.1) is 0 Å². The van der Waals surface area contributed by atoms with Gasteiger partial charge in [0.25, 0.3) is 0 Å². The van der Waals surface area contributed by atoms with Gasteiger partial charge in [-0.05, 0) is 0 Å². The van der Waals surface area contributed by atoms with Crippen LogP contribution in [0.25, 0.3) is 0 Å². The fourth-order valence-electron chi connectivity index (χ4n) is 1.48. The Morgan fingerprint density at radius 3 is 0.769 bits per heavy atom. The average molecular weight is 409 g/mol. The lowest BCUT2D eigenvalue weighted by atomic mass is 10.4. The normalized spacial score (nSPS) is 8.23. The third-order valence-electron chi connectivity index (χ3n) is 2.17. The molecule has 0 spiro atoms. The molecular weight excluding hydrogens is 380 g/mol. The number of rotatable bonds is 11. The van der Waals surface area contributed by atoms with Gasteiger partial charge in [0.1, 0.15) is 0 Å². The largest absolute Gasteiger partial charge is 0.480 e. The van der Waals surface area contributed by atoms with Gasteiger partial charge in [-0.25, -0.2) is 0 Å². The lowest BCUT2D eigenvalue weighted by Crippen LogP contribution is -2.43. The van der Waals surface area contributed by atoms with Gasteiger partial charge >= 0.3 is 46.9 Å². The molecule has 26 heavy (non-hydrogen) atoms. The zero-order valence-electron chi connectivity index (χ0n) is 13.1. The van der Waals surface area contributed by atoms with E-state index in [0.717, 1.165) is 9.80 Å². The molecule has 0 aliphatic heterocycles. The molecule has 0 aromatic heterocycles. The highest BCUT2D eigenvalue weighted by molar-refractivity contribution is 5.75. The van der Waals surface area contributed by atoms with Gasteiger partial charge in [0.05, 0.1) is 26.2 Å². The maximum Gasteiger partial charge on any atom is 0.317 e. The Labute approximate surface area is 163 Å². The molecule has 14 N–H and O–H groups in total. The Bertz CT molecular complexity index is 327. The quantitative estimate of drug-likeness (QED) is 0.234. The molecule has 0 fully saturated rings. The molecule has 0 aliphatic rings. The minimum Gasteiger partial charge on any atom is -0.480 e. The third-order valence-corrected chi connectivity index (χ3v) is 2.17. The van der Waals surface area contributed by atoms with E-state index in [-0.39, 0.29) is 63.5 Å². The van der Waals surface area contributed by atoms with Crippen molar-refractivity contribution in [3.05, 3.63) is 0 Å². The van der Waals surface area contributed by atoms with Crippen LogP contribution in [0.3, 0.4) is 0 Å². The summed E-state index contributed by atoms with van der Waals surface area (Å²) in [5, 5.41) is 34.5. The van der Waals surface area contributed by atoms with E-state index < -0.39 is 50.1 Å². The van der Waals surface area contributed by atoms with Crippen LogP contribution in [0.15, 0.2) is 0 Å². The number of carboxylic acids is 4. The number of hydrogen-bond donors (Lipinski definition) is 4. The smallest absolute Gasteiger partial charge is 0.317 e. The van der Waals surface area contributed by atoms with Gasteiger partial charge in [0.15, 0.2) is 0 Å². The summed E-state index contributed by atoms with van der Waals surface area (Å²) in [6.07, 6.45) is 0. The maximum atomic E-state index is 10.6. The highest BCUT2D eigenvalue weighted by Gasteiger charge is 2.17. The first-order chi connectivity index (χ1) is 9.20.